The smallest absolute Gasteiger partial charge is 0.0552 e. The number of hydrogen-bond donors (Lipinski definition) is 1. The molecule has 3 heteroatoms. The summed E-state index contributed by atoms with van der Waals surface area (Å²) in [5.74, 6) is 1.23. The Morgan fingerprint density at radius 2 is 2.42 bits per heavy atom. The third-order valence-corrected chi connectivity index (χ3v) is 2.87. The number of aliphatic hydroxyl groups is 1. The van der Waals surface area contributed by atoms with Crippen LogP contribution < -0.4 is 0 Å². The van der Waals surface area contributed by atoms with Crippen molar-refractivity contribution in [2.75, 3.05) is 25.5 Å². The summed E-state index contributed by atoms with van der Waals surface area (Å²) in [4.78, 5) is 2.39. The third kappa shape index (κ3) is 2.92. The minimum Gasteiger partial charge on any atom is -0.393 e. The molecule has 2 unspecified atom stereocenters. The Labute approximate surface area is 79.5 Å². The van der Waals surface area contributed by atoms with E-state index in [2.05, 4.69) is 4.90 Å². The maximum absolute atomic E-state index is 9.34. The van der Waals surface area contributed by atoms with Crippen LogP contribution >= 0.6 is 11.6 Å². The van der Waals surface area contributed by atoms with E-state index in [1.165, 1.54) is 0 Å². The molecular formula is C9H18ClNO. The van der Waals surface area contributed by atoms with Gasteiger partial charge in [-0.25, -0.2) is 0 Å². The highest BCUT2D eigenvalue weighted by atomic mass is 35.5. The molecule has 72 valence electrons. The predicted octanol–water partition coefficient (Wildman–Crippen LogP) is 1.32. The van der Waals surface area contributed by atoms with Gasteiger partial charge >= 0.3 is 0 Å². The van der Waals surface area contributed by atoms with Crippen LogP contribution in [0.25, 0.3) is 0 Å². The second-order valence-electron chi connectivity index (χ2n) is 3.63. The molecular weight excluding hydrogens is 174 g/mol. The van der Waals surface area contributed by atoms with Gasteiger partial charge in [0.2, 0.25) is 0 Å². The lowest BCUT2D eigenvalue weighted by Gasteiger charge is -2.16. The van der Waals surface area contributed by atoms with Crippen molar-refractivity contribution in [3.8, 4) is 0 Å². The van der Waals surface area contributed by atoms with Crippen molar-refractivity contribution < 1.29 is 5.11 Å². The van der Waals surface area contributed by atoms with Crippen LogP contribution in [0.15, 0.2) is 0 Å². The molecule has 0 amide bonds. The Morgan fingerprint density at radius 3 is 2.92 bits per heavy atom. The summed E-state index contributed by atoms with van der Waals surface area (Å²) in [6.45, 7) is 5.16. The van der Waals surface area contributed by atoms with Crippen LogP contribution in [0.3, 0.4) is 0 Å². The first-order chi connectivity index (χ1) is 5.74. The van der Waals surface area contributed by atoms with Crippen molar-refractivity contribution in [1.29, 1.82) is 0 Å². The lowest BCUT2D eigenvalue weighted by atomic mass is 10.0. The van der Waals surface area contributed by atoms with Crippen molar-refractivity contribution in [3.05, 3.63) is 0 Å². The van der Waals surface area contributed by atoms with E-state index in [1.807, 2.05) is 6.92 Å². The van der Waals surface area contributed by atoms with Crippen LogP contribution in [-0.4, -0.2) is 41.6 Å². The number of aliphatic hydroxyl groups excluding tert-OH is 1. The second kappa shape index (κ2) is 5.05. The summed E-state index contributed by atoms with van der Waals surface area (Å²) in [6.07, 6.45) is 2.06. The van der Waals surface area contributed by atoms with Crippen LogP contribution in [0.2, 0.25) is 0 Å². The van der Waals surface area contributed by atoms with Gasteiger partial charge in [-0.05, 0) is 38.8 Å². The van der Waals surface area contributed by atoms with Crippen molar-refractivity contribution in [1.82, 2.24) is 4.90 Å². The fraction of sp³-hybridized carbons (Fsp3) is 1.00. The molecule has 0 spiro atoms. The quantitative estimate of drug-likeness (QED) is 0.678. The standard InChI is InChI=1S/C9H18ClNO/c1-8(12)9-3-6-11(7-9)5-2-4-10/h8-9,12H,2-7H2,1H3. The normalized spacial score (nSPS) is 27.8. The van der Waals surface area contributed by atoms with Gasteiger partial charge in [0.05, 0.1) is 6.10 Å². The first-order valence-electron chi connectivity index (χ1n) is 4.70. The van der Waals surface area contributed by atoms with Crippen molar-refractivity contribution in [2.24, 2.45) is 5.92 Å². The average Bonchev–Trinajstić information content (AvgIpc) is 2.48. The summed E-state index contributed by atoms with van der Waals surface area (Å²) in [6, 6.07) is 0. The molecule has 0 aromatic heterocycles. The topological polar surface area (TPSA) is 23.5 Å². The first kappa shape index (κ1) is 10.3. The highest BCUT2D eigenvalue weighted by Gasteiger charge is 2.24. The summed E-state index contributed by atoms with van der Waals surface area (Å²) in [5, 5.41) is 9.34. The molecule has 1 heterocycles. The average molecular weight is 192 g/mol. The lowest BCUT2D eigenvalue weighted by molar-refractivity contribution is 0.128. The highest BCUT2D eigenvalue weighted by Crippen LogP contribution is 2.19. The molecule has 2 nitrogen and oxygen atoms in total. The summed E-state index contributed by atoms with van der Waals surface area (Å²) in [5.41, 5.74) is 0. The SMILES string of the molecule is CC(O)C1CCN(CCCCl)C1. The lowest BCUT2D eigenvalue weighted by Crippen LogP contribution is -2.25. The number of nitrogens with zero attached hydrogens (tertiary/aromatic N) is 1. The van der Waals surface area contributed by atoms with E-state index in [0.717, 1.165) is 38.4 Å². The molecule has 1 aliphatic heterocycles. The number of halogens is 1. The van der Waals surface area contributed by atoms with E-state index in [1.54, 1.807) is 0 Å². The Kier molecular flexibility index (Phi) is 4.33. The fourth-order valence-corrected chi connectivity index (χ4v) is 1.86. The number of alkyl halides is 1. The predicted molar refractivity (Wildman–Crippen MR) is 51.6 cm³/mol. The summed E-state index contributed by atoms with van der Waals surface area (Å²) in [7, 11) is 0. The van der Waals surface area contributed by atoms with Gasteiger partial charge < -0.3 is 10.0 Å². The Bertz CT molecular complexity index is 130. The molecule has 1 saturated heterocycles. The minimum absolute atomic E-state index is 0.147. The summed E-state index contributed by atoms with van der Waals surface area (Å²) < 4.78 is 0. The zero-order valence-electron chi connectivity index (χ0n) is 7.67. The van der Waals surface area contributed by atoms with Crippen LogP contribution in [0.4, 0.5) is 0 Å². The van der Waals surface area contributed by atoms with Gasteiger partial charge in [0, 0.05) is 12.4 Å². The number of hydrogen-bond acceptors (Lipinski definition) is 2. The van der Waals surface area contributed by atoms with E-state index >= 15 is 0 Å². The molecule has 2 atom stereocenters. The van der Waals surface area contributed by atoms with E-state index in [9.17, 15) is 5.11 Å². The molecule has 1 rings (SSSR count). The Hall–Kier alpha value is 0.210. The van der Waals surface area contributed by atoms with E-state index in [-0.39, 0.29) is 6.10 Å². The van der Waals surface area contributed by atoms with Crippen molar-refractivity contribution in [2.45, 2.75) is 25.9 Å². The molecule has 0 radical (unpaired) electrons. The van der Waals surface area contributed by atoms with Gasteiger partial charge in [-0.2, -0.15) is 0 Å². The van der Waals surface area contributed by atoms with E-state index < -0.39 is 0 Å². The van der Waals surface area contributed by atoms with Gasteiger partial charge in [-0.3, -0.25) is 0 Å². The molecule has 0 bridgehead atoms. The maximum Gasteiger partial charge on any atom is 0.0552 e. The van der Waals surface area contributed by atoms with E-state index in [0.29, 0.717) is 5.92 Å². The Balaban J connectivity index is 2.17. The largest absolute Gasteiger partial charge is 0.393 e. The molecule has 1 fully saturated rings. The van der Waals surface area contributed by atoms with Gasteiger partial charge in [-0.1, -0.05) is 0 Å². The van der Waals surface area contributed by atoms with Crippen molar-refractivity contribution >= 4 is 11.6 Å². The van der Waals surface area contributed by atoms with Gasteiger partial charge in [-0.15, -0.1) is 11.6 Å². The minimum atomic E-state index is -0.147. The monoisotopic (exact) mass is 191 g/mol. The zero-order valence-corrected chi connectivity index (χ0v) is 8.43. The van der Waals surface area contributed by atoms with Gasteiger partial charge in [0.15, 0.2) is 0 Å². The fourth-order valence-electron chi connectivity index (χ4n) is 1.74. The number of rotatable bonds is 4. The Morgan fingerprint density at radius 1 is 1.67 bits per heavy atom. The molecule has 0 aromatic carbocycles. The van der Waals surface area contributed by atoms with Crippen LogP contribution in [0.5, 0.6) is 0 Å². The molecule has 1 N–H and O–H groups in total. The molecule has 1 aliphatic rings. The second-order valence-corrected chi connectivity index (χ2v) is 4.01. The first-order valence-corrected chi connectivity index (χ1v) is 5.24. The van der Waals surface area contributed by atoms with Crippen LogP contribution in [0.1, 0.15) is 19.8 Å². The highest BCUT2D eigenvalue weighted by molar-refractivity contribution is 6.17. The third-order valence-electron chi connectivity index (χ3n) is 2.60. The number of likely N-dealkylation sites (tertiary alicyclic amines) is 1. The van der Waals surface area contributed by atoms with Crippen LogP contribution in [-0.2, 0) is 0 Å². The zero-order chi connectivity index (χ0) is 8.97. The molecule has 12 heavy (non-hydrogen) atoms. The summed E-state index contributed by atoms with van der Waals surface area (Å²) >= 11 is 5.60. The van der Waals surface area contributed by atoms with Crippen molar-refractivity contribution in [3.63, 3.8) is 0 Å². The molecule has 0 saturated carbocycles. The molecule has 0 aromatic rings. The van der Waals surface area contributed by atoms with Gasteiger partial charge in [0.1, 0.15) is 0 Å². The molecule has 0 aliphatic carbocycles. The van der Waals surface area contributed by atoms with Gasteiger partial charge in [0.25, 0.3) is 0 Å². The maximum atomic E-state index is 9.34. The van der Waals surface area contributed by atoms with E-state index in [4.69, 9.17) is 11.6 Å². The van der Waals surface area contributed by atoms with Crippen LogP contribution in [0, 0.1) is 5.92 Å².